The fraction of sp³-hybridized carbons (Fsp3) is 0.500. The highest BCUT2D eigenvalue weighted by molar-refractivity contribution is 5.94. The third-order valence-corrected chi connectivity index (χ3v) is 7.12. The molecule has 0 atom stereocenters. The average molecular weight is 448 g/mol. The summed E-state index contributed by atoms with van der Waals surface area (Å²) in [5.74, 6) is 0.927. The van der Waals surface area contributed by atoms with E-state index in [2.05, 4.69) is 41.2 Å². The van der Waals surface area contributed by atoms with E-state index in [1.807, 2.05) is 30.3 Å². The standard InChI is InChI=1S/C28H37N3O2/c1-3-31(4-2)18-17-29-27(32)23-13-11-22(12-14-23)25(19-20-7-5-6-8-20)26-16-15-24(21-9-10-21)28(33)30-26/h11-16,19-21H,3-10,17-18H2,1-2H3,(H,29,32)(H,30,33). The molecule has 5 nitrogen and oxygen atoms in total. The van der Waals surface area contributed by atoms with E-state index >= 15 is 0 Å². The Balaban J connectivity index is 1.52. The van der Waals surface area contributed by atoms with Gasteiger partial charge < -0.3 is 15.2 Å². The number of pyridine rings is 1. The molecule has 176 valence electrons. The topological polar surface area (TPSA) is 65.2 Å². The minimum atomic E-state index is -0.0442. The number of likely N-dealkylation sites (N-methyl/N-ethyl adjacent to an activating group) is 1. The van der Waals surface area contributed by atoms with Crippen LogP contribution in [0.5, 0.6) is 0 Å². The Morgan fingerprint density at radius 2 is 1.67 bits per heavy atom. The van der Waals surface area contributed by atoms with Crippen molar-refractivity contribution in [1.29, 1.82) is 0 Å². The molecule has 0 radical (unpaired) electrons. The maximum absolute atomic E-state index is 12.7. The van der Waals surface area contributed by atoms with Crippen molar-refractivity contribution >= 4 is 11.5 Å². The summed E-state index contributed by atoms with van der Waals surface area (Å²) in [7, 11) is 0. The van der Waals surface area contributed by atoms with Gasteiger partial charge in [-0.15, -0.1) is 0 Å². The van der Waals surface area contributed by atoms with Crippen LogP contribution in [0.15, 0.2) is 47.3 Å². The first-order valence-electron chi connectivity index (χ1n) is 12.7. The second-order valence-corrected chi connectivity index (χ2v) is 9.42. The van der Waals surface area contributed by atoms with Gasteiger partial charge in [0.2, 0.25) is 0 Å². The van der Waals surface area contributed by atoms with Crippen LogP contribution < -0.4 is 10.9 Å². The summed E-state index contributed by atoms with van der Waals surface area (Å²) >= 11 is 0. The number of carbonyl (C=O) groups excluding carboxylic acids is 1. The molecular weight excluding hydrogens is 410 g/mol. The zero-order chi connectivity index (χ0) is 23.2. The number of hydrogen-bond acceptors (Lipinski definition) is 3. The lowest BCUT2D eigenvalue weighted by Crippen LogP contribution is -2.34. The molecule has 0 unspecified atom stereocenters. The van der Waals surface area contributed by atoms with Crippen LogP contribution in [0.1, 0.15) is 85.5 Å². The molecule has 2 aliphatic carbocycles. The fourth-order valence-corrected chi connectivity index (χ4v) is 4.83. The molecule has 2 fully saturated rings. The summed E-state index contributed by atoms with van der Waals surface area (Å²) in [6, 6.07) is 11.9. The van der Waals surface area contributed by atoms with Gasteiger partial charge in [0.25, 0.3) is 11.5 Å². The lowest BCUT2D eigenvalue weighted by Gasteiger charge is -2.18. The molecule has 2 saturated carbocycles. The summed E-state index contributed by atoms with van der Waals surface area (Å²) in [6.45, 7) is 7.74. The number of aromatic amines is 1. The predicted octanol–water partition coefficient (Wildman–Crippen LogP) is 4.95. The van der Waals surface area contributed by atoms with E-state index in [0.29, 0.717) is 23.9 Å². The third kappa shape index (κ3) is 6.02. The van der Waals surface area contributed by atoms with E-state index in [1.54, 1.807) is 0 Å². The number of carbonyl (C=O) groups is 1. The predicted molar refractivity (Wildman–Crippen MR) is 135 cm³/mol. The molecule has 0 aliphatic heterocycles. The van der Waals surface area contributed by atoms with Crippen LogP contribution in [-0.2, 0) is 0 Å². The van der Waals surface area contributed by atoms with E-state index in [0.717, 1.165) is 54.9 Å². The highest BCUT2D eigenvalue weighted by atomic mass is 16.1. The first-order chi connectivity index (χ1) is 16.1. The van der Waals surface area contributed by atoms with Crippen LogP contribution in [0.2, 0.25) is 0 Å². The second-order valence-electron chi connectivity index (χ2n) is 9.42. The van der Waals surface area contributed by atoms with E-state index < -0.39 is 0 Å². The first-order valence-corrected chi connectivity index (χ1v) is 12.7. The Labute approximate surface area is 197 Å². The molecule has 1 aromatic heterocycles. The summed E-state index contributed by atoms with van der Waals surface area (Å²) in [5.41, 5.74) is 4.59. The number of aromatic nitrogens is 1. The molecule has 2 aromatic rings. The zero-order valence-electron chi connectivity index (χ0n) is 20.0. The van der Waals surface area contributed by atoms with Crippen LogP contribution in [0.3, 0.4) is 0 Å². The van der Waals surface area contributed by atoms with Gasteiger partial charge in [0.1, 0.15) is 0 Å². The van der Waals surface area contributed by atoms with Crippen molar-refractivity contribution in [3.63, 3.8) is 0 Å². The molecule has 0 spiro atoms. The number of nitrogens with zero attached hydrogens (tertiary/aromatic N) is 1. The van der Waals surface area contributed by atoms with Crippen LogP contribution in [0.4, 0.5) is 0 Å². The van der Waals surface area contributed by atoms with Crippen molar-refractivity contribution in [2.75, 3.05) is 26.2 Å². The van der Waals surface area contributed by atoms with Gasteiger partial charge in [-0.3, -0.25) is 9.59 Å². The molecule has 1 amide bonds. The average Bonchev–Trinajstić information content (AvgIpc) is 3.55. The van der Waals surface area contributed by atoms with Gasteiger partial charge in [-0.05, 0) is 74.4 Å². The Morgan fingerprint density at radius 3 is 2.27 bits per heavy atom. The first kappa shape index (κ1) is 23.5. The lowest BCUT2D eigenvalue weighted by atomic mass is 9.95. The third-order valence-electron chi connectivity index (χ3n) is 7.12. The van der Waals surface area contributed by atoms with Gasteiger partial charge >= 0.3 is 0 Å². The lowest BCUT2D eigenvalue weighted by molar-refractivity contribution is 0.0949. The smallest absolute Gasteiger partial charge is 0.251 e. The van der Waals surface area contributed by atoms with Crippen LogP contribution in [-0.4, -0.2) is 42.0 Å². The number of nitrogens with one attached hydrogen (secondary N) is 2. The molecule has 0 bridgehead atoms. The van der Waals surface area contributed by atoms with Crippen molar-refractivity contribution in [1.82, 2.24) is 15.2 Å². The number of benzene rings is 1. The maximum atomic E-state index is 12.7. The van der Waals surface area contributed by atoms with E-state index in [-0.39, 0.29) is 11.5 Å². The molecule has 0 saturated heterocycles. The quantitative estimate of drug-likeness (QED) is 0.542. The minimum absolute atomic E-state index is 0.0384. The van der Waals surface area contributed by atoms with Gasteiger partial charge in [-0.1, -0.05) is 51.0 Å². The Morgan fingerprint density at radius 1 is 1.00 bits per heavy atom. The molecule has 5 heteroatoms. The van der Waals surface area contributed by atoms with E-state index in [9.17, 15) is 9.59 Å². The normalized spacial score (nSPS) is 17.0. The fourth-order valence-electron chi connectivity index (χ4n) is 4.83. The van der Waals surface area contributed by atoms with Crippen LogP contribution >= 0.6 is 0 Å². The van der Waals surface area contributed by atoms with Gasteiger partial charge in [0.15, 0.2) is 0 Å². The SMILES string of the molecule is CCN(CC)CCNC(=O)c1ccc(C(=CC2CCCC2)c2ccc(C3CC3)c(=O)[nH]2)cc1. The van der Waals surface area contributed by atoms with Crippen molar-refractivity contribution in [3.05, 3.63) is 75.2 Å². The van der Waals surface area contributed by atoms with Gasteiger partial charge in [0.05, 0.1) is 0 Å². The number of amides is 1. The maximum Gasteiger partial charge on any atom is 0.251 e. The van der Waals surface area contributed by atoms with Crippen molar-refractivity contribution in [3.8, 4) is 0 Å². The molecule has 2 N–H and O–H groups in total. The van der Waals surface area contributed by atoms with Crippen molar-refractivity contribution in [2.24, 2.45) is 5.92 Å². The number of allylic oxidation sites excluding steroid dienone is 1. The number of rotatable bonds is 10. The minimum Gasteiger partial charge on any atom is -0.351 e. The molecule has 1 aromatic carbocycles. The highest BCUT2D eigenvalue weighted by Crippen LogP contribution is 2.38. The summed E-state index contributed by atoms with van der Waals surface area (Å²) in [6.07, 6.45) is 9.48. The molecule has 2 aliphatic rings. The van der Waals surface area contributed by atoms with Gasteiger partial charge in [0, 0.05) is 35.5 Å². The molecule has 1 heterocycles. The second kappa shape index (κ2) is 11.0. The summed E-state index contributed by atoms with van der Waals surface area (Å²) in [5, 5.41) is 3.02. The Hall–Kier alpha value is -2.66. The molecule has 33 heavy (non-hydrogen) atoms. The van der Waals surface area contributed by atoms with Crippen molar-refractivity contribution in [2.45, 2.75) is 58.3 Å². The van der Waals surface area contributed by atoms with Crippen LogP contribution in [0, 0.1) is 5.92 Å². The monoisotopic (exact) mass is 447 g/mol. The number of H-pyrrole nitrogens is 1. The number of hydrogen-bond donors (Lipinski definition) is 2. The Bertz CT molecular complexity index is 1020. The highest BCUT2D eigenvalue weighted by Gasteiger charge is 2.26. The van der Waals surface area contributed by atoms with E-state index in [4.69, 9.17) is 0 Å². The van der Waals surface area contributed by atoms with Crippen LogP contribution in [0.25, 0.3) is 5.57 Å². The summed E-state index contributed by atoms with van der Waals surface area (Å²) in [4.78, 5) is 30.7. The summed E-state index contributed by atoms with van der Waals surface area (Å²) < 4.78 is 0. The van der Waals surface area contributed by atoms with Gasteiger partial charge in [-0.2, -0.15) is 0 Å². The van der Waals surface area contributed by atoms with E-state index in [1.165, 1.54) is 25.7 Å². The zero-order valence-corrected chi connectivity index (χ0v) is 20.0. The van der Waals surface area contributed by atoms with Crippen molar-refractivity contribution < 1.29 is 4.79 Å². The largest absolute Gasteiger partial charge is 0.351 e. The molecular formula is C28H37N3O2. The Kier molecular flexibility index (Phi) is 7.81. The van der Waals surface area contributed by atoms with Gasteiger partial charge in [-0.25, -0.2) is 0 Å². The molecule has 4 rings (SSSR count).